The van der Waals surface area contributed by atoms with E-state index in [1.807, 2.05) is 0 Å². The highest BCUT2D eigenvalue weighted by atomic mass is 79.9. The first kappa shape index (κ1) is 14.8. The van der Waals surface area contributed by atoms with E-state index in [9.17, 15) is 4.79 Å². The Hall–Kier alpha value is -0.580. The van der Waals surface area contributed by atoms with E-state index in [0.717, 1.165) is 35.8 Å². The molecule has 1 saturated carbocycles. The molecule has 0 atom stereocenters. The van der Waals surface area contributed by atoms with Gasteiger partial charge in [-0.25, -0.2) is 0 Å². The highest BCUT2D eigenvalue weighted by Gasteiger charge is 2.38. The van der Waals surface area contributed by atoms with Crippen LogP contribution in [0.25, 0.3) is 0 Å². The number of hydrogen-bond acceptors (Lipinski definition) is 2. The summed E-state index contributed by atoms with van der Waals surface area (Å²) in [7, 11) is 0. The number of nitrogens with one attached hydrogen (secondary N) is 1. The van der Waals surface area contributed by atoms with Crippen LogP contribution in [0.2, 0.25) is 5.02 Å². The maximum absolute atomic E-state index is 12.5. The predicted octanol–water partition coefficient (Wildman–Crippen LogP) is 3.95. The zero-order chi connectivity index (χ0) is 13.9. The normalized spacial score (nSPS) is 18.1. The summed E-state index contributed by atoms with van der Waals surface area (Å²) in [5.74, 6) is 0.0257. The van der Waals surface area contributed by atoms with Crippen molar-refractivity contribution in [3.63, 3.8) is 0 Å². The molecule has 1 fully saturated rings. The van der Waals surface area contributed by atoms with E-state index >= 15 is 0 Å². The van der Waals surface area contributed by atoms with Gasteiger partial charge in [0.25, 0.3) is 0 Å². The third-order valence-electron chi connectivity index (χ3n) is 3.86. The SMILES string of the molecule is NCC1(C(=O)Nc2ccc(Cl)cc2Br)CCCCC1. The Morgan fingerprint density at radius 3 is 2.63 bits per heavy atom. The van der Waals surface area contributed by atoms with Crippen LogP contribution in [-0.2, 0) is 4.79 Å². The minimum absolute atomic E-state index is 0.0257. The molecule has 2 rings (SSSR count). The van der Waals surface area contributed by atoms with Gasteiger partial charge in [-0.3, -0.25) is 4.79 Å². The maximum Gasteiger partial charge on any atom is 0.231 e. The molecule has 1 amide bonds. The summed E-state index contributed by atoms with van der Waals surface area (Å²) >= 11 is 9.30. The smallest absolute Gasteiger partial charge is 0.231 e. The maximum atomic E-state index is 12.5. The molecular formula is C14H18BrClN2O. The van der Waals surface area contributed by atoms with E-state index < -0.39 is 5.41 Å². The van der Waals surface area contributed by atoms with Crippen LogP contribution >= 0.6 is 27.5 Å². The lowest BCUT2D eigenvalue weighted by Crippen LogP contribution is -2.43. The molecule has 1 aromatic carbocycles. The topological polar surface area (TPSA) is 55.1 Å². The third kappa shape index (κ3) is 3.30. The van der Waals surface area contributed by atoms with Crippen LogP contribution in [0.1, 0.15) is 32.1 Å². The number of rotatable bonds is 3. The van der Waals surface area contributed by atoms with E-state index in [1.165, 1.54) is 6.42 Å². The second-order valence-corrected chi connectivity index (χ2v) is 6.41. The Bertz CT molecular complexity index is 473. The number of halogens is 2. The van der Waals surface area contributed by atoms with Crippen molar-refractivity contribution in [2.75, 3.05) is 11.9 Å². The van der Waals surface area contributed by atoms with Crippen molar-refractivity contribution in [3.05, 3.63) is 27.7 Å². The summed E-state index contributed by atoms with van der Waals surface area (Å²) in [6.45, 7) is 0.407. The van der Waals surface area contributed by atoms with Gasteiger partial charge in [0, 0.05) is 16.0 Å². The Kier molecular flexibility index (Phi) is 4.87. The van der Waals surface area contributed by atoms with Gasteiger partial charge in [0.15, 0.2) is 0 Å². The fourth-order valence-corrected chi connectivity index (χ4v) is 3.38. The van der Waals surface area contributed by atoms with E-state index in [4.69, 9.17) is 17.3 Å². The number of carbonyl (C=O) groups is 1. The van der Waals surface area contributed by atoms with Crippen LogP contribution in [-0.4, -0.2) is 12.5 Å². The lowest BCUT2D eigenvalue weighted by Gasteiger charge is -2.34. The number of benzene rings is 1. The summed E-state index contributed by atoms with van der Waals surface area (Å²) in [5.41, 5.74) is 6.20. The van der Waals surface area contributed by atoms with Gasteiger partial charge in [-0.05, 0) is 47.0 Å². The molecule has 19 heavy (non-hydrogen) atoms. The van der Waals surface area contributed by atoms with Crippen molar-refractivity contribution in [1.29, 1.82) is 0 Å². The number of hydrogen-bond donors (Lipinski definition) is 2. The van der Waals surface area contributed by atoms with Crippen molar-refractivity contribution in [2.45, 2.75) is 32.1 Å². The van der Waals surface area contributed by atoms with Crippen molar-refractivity contribution < 1.29 is 4.79 Å². The monoisotopic (exact) mass is 344 g/mol. The van der Waals surface area contributed by atoms with Gasteiger partial charge < -0.3 is 11.1 Å². The fraction of sp³-hybridized carbons (Fsp3) is 0.500. The number of carbonyl (C=O) groups excluding carboxylic acids is 1. The van der Waals surface area contributed by atoms with Gasteiger partial charge in [-0.1, -0.05) is 30.9 Å². The lowest BCUT2D eigenvalue weighted by atomic mass is 9.73. The van der Waals surface area contributed by atoms with Crippen LogP contribution < -0.4 is 11.1 Å². The van der Waals surface area contributed by atoms with Crippen molar-refractivity contribution >= 4 is 39.1 Å². The zero-order valence-electron chi connectivity index (χ0n) is 10.7. The summed E-state index contributed by atoms with van der Waals surface area (Å²) in [5, 5.41) is 3.61. The van der Waals surface area contributed by atoms with E-state index in [2.05, 4.69) is 21.2 Å². The zero-order valence-corrected chi connectivity index (χ0v) is 13.1. The average molecular weight is 346 g/mol. The highest BCUT2D eigenvalue weighted by molar-refractivity contribution is 9.10. The molecule has 5 heteroatoms. The summed E-state index contributed by atoms with van der Waals surface area (Å²) in [4.78, 5) is 12.5. The summed E-state index contributed by atoms with van der Waals surface area (Å²) in [6.07, 6.45) is 5.10. The van der Waals surface area contributed by atoms with Gasteiger partial charge in [0.2, 0.25) is 5.91 Å². The van der Waals surface area contributed by atoms with Crippen LogP contribution in [0.4, 0.5) is 5.69 Å². The minimum Gasteiger partial charge on any atom is -0.329 e. The van der Waals surface area contributed by atoms with Gasteiger partial charge in [-0.2, -0.15) is 0 Å². The standard InChI is InChI=1S/C14H18BrClN2O/c15-11-8-10(16)4-5-12(11)18-13(19)14(9-17)6-2-1-3-7-14/h4-5,8H,1-3,6-7,9,17H2,(H,18,19). The molecule has 104 valence electrons. The number of nitrogens with two attached hydrogens (primary N) is 1. The molecule has 0 aliphatic heterocycles. The van der Waals surface area contributed by atoms with Crippen LogP contribution in [0, 0.1) is 5.41 Å². The largest absolute Gasteiger partial charge is 0.329 e. The molecular weight excluding hydrogens is 328 g/mol. The lowest BCUT2D eigenvalue weighted by molar-refractivity contribution is -0.126. The van der Waals surface area contributed by atoms with Crippen LogP contribution in [0.5, 0.6) is 0 Å². The van der Waals surface area contributed by atoms with E-state index in [1.54, 1.807) is 18.2 Å². The summed E-state index contributed by atoms with van der Waals surface area (Å²) in [6, 6.07) is 5.34. The molecule has 1 aliphatic carbocycles. The molecule has 0 heterocycles. The Balaban J connectivity index is 2.15. The van der Waals surface area contributed by atoms with Crippen molar-refractivity contribution in [2.24, 2.45) is 11.1 Å². The number of amides is 1. The van der Waals surface area contributed by atoms with Gasteiger partial charge in [0.1, 0.15) is 0 Å². The number of anilines is 1. The molecule has 0 bridgehead atoms. The summed E-state index contributed by atoms with van der Waals surface area (Å²) < 4.78 is 0.788. The predicted molar refractivity (Wildman–Crippen MR) is 82.4 cm³/mol. The Morgan fingerprint density at radius 1 is 1.37 bits per heavy atom. The van der Waals surface area contributed by atoms with Crippen molar-refractivity contribution in [1.82, 2.24) is 0 Å². The van der Waals surface area contributed by atoms with Gasteiger partial charge in [0.05, 0.1) is 11.1 Å². The molecule has 0 radical (unpaired) electrons. The molecule has 1 aromatic rings. The molecule has 0 spiro atoms. The second kappa shape index (κ2) is 6.25. The van der Waals surface area contributed by atoms with E-state index in [0.29, 0.717) is 11.6 Å². The van der Waals surface area contributed by atoms with Gasteiger partial charge in [-0.15, -0.1) is 0 Å². The van der Waals surface area contributed by atoms with Crippen LogP contribution in [0.15, 0.2) is 22.7 Å². The first-order valence-electron chi connectivity index (χ1n) is 6.54. The molecule has 0 saturated heterocycles. The van der Waals surface area contributed by atoms with Crippen LogP contribution in [0.3, 0.4) is 0 Å². The Labute approximate surface area is 127 Å². The first-order valence-corrected chi connectivity index (χ1v) is 7.71. The Morgan fingerprint density at radius 2 is 2.05 bits per heavy atom. The second-order valence-electron chi connectivity index (χ2n) is 5.12. The average Bonchev–Trinajstić information content (AvgIpc) is 2.42. The molecule has 1 aliphatic rings. The molecule has 3 nitrogen and oxygen atoms in total. The highest BCUT2D eigenvalue weighted by Crippen LogP contribution is 2.37. The van der Waals surface area contributed by atoms with E-state index in [-0.39, 0.29) is 5.91 Å². The quantitative estimate of drug-likeness (QED) is 0.871. The van der Waals surface area contributed by atoms with Gasteiger partial charge >= 0.3 is 0 Å². The molecule has 0 unspecified atom stereocenters. The molecule has 0 aromatic heterocycles. The fourth-order valence-electron chi connectivity index (χ4n) is 2.60. The molecule has 3 N–H and O–H groups in total. The van der Waals surface area contributed by atoms with Crippen molar-refractivity contribution in [3.8, 4) is 0 Å². The first-order chi connectivity index (χ1) is 9.07. The third-order valence-corrected chi connectivity index (χ3v) is 4.75. The minimum atomic E-state index is -0.405.